The normalized spacial score (nSPS) is 20.7. The molecule has 2 aromatic rings. The molecule has 0 spiro atoms. The number of carbonyl (C=O) groups is 1. The first-order chi connectivity index (χ1) is 9.43. The summed E-state index contributed by atoms with van der Waals surface area (Å²) in [6.07, 6.45) is 0. The monoisotopic (exact) mass is 354 g/mol. The predicted molar refractivity (Wildman–Crippen MR) is 77.9 cm³/mol. The lowest BCUT2D eigenvalue weighted by Crippen LogP contribution is -2.34. The van der Waals surface area contributed by atoms with Crippen LogP contribution in [0.4, 0.5) is 4.39 Å². The molecule has 20 heavy (non-hydrogen) atoms. The highest BCUT2D eigenvalue weighted by Crippen LogP contribution is 2.45. The molecule has 1 atom stereocenters. The smallest absolute Gasteiger partial charge is 0.214 e. The van der Waals surface area contributed by atoms with Crippen molar-refractivity contribution in [3.05, 3.63) is 62.8 Å². The van der Waals surface area contributed by atoms with E-state index in [9.17, 15) is 9.18 Å². The van der Waals surface area contributed by atoms with Crippen molar-refractivity contribution in [3.63, 3.8) is 0 Å². The Kier molecular flexibility index (Phi) is 3.10. The Labute approximate surface area is 128 Å². The van der Waals surface area contributed by atoms with E-state index >= 15 is 0 Å². The molecule has 2 aromatic carbocycles. The fraction of sp³-hybridized carbons (Fsp3) is 0.133. The quantitative estimate of drug-likeness (QED) is 0.739. The third kappa shape index (κ3) is 1.86. The molecule has 2 nitrogen and oxygen atoms in total. The van der Waals surface area contributed by atoms with Crippen molar-refractivity contribution in [3.8, 4) is 5.75 Å². The van der Waals surface area contributed by atoms with E-state index < -0.39 is 11.4 Å². The van der Waals surface area contributed by atoms with Gasteiger partial charge in [0.25, 0.3) is 0 Å². The van der Waals surface area contributed by atoms with Crippen molar-refractivity contribution in [1.82, 2.24) is 0 Å². The minimum absolute atomic E-state index is 0.176. The lowest BCUT2D eigenvalue weighted by atomic mass is 9.89. The third-order valence-corrected chi connectivity index (χ3v) is 4.26. The van der Waals surface area contributed by atoms with Gasteiger partial charge >= 0.3 is 0 Å². The molecule has 0 saturated carbocycles. The van der Waals surface area contributed by atoms with Gasteiger partial charge in [0.1, 0.15) is 11.6 Å². The first-order valence-corrected chi connectivity index (χ1v) is 7.08. The van der Waals surface area contributed by atoms with Gasteiger partial charge in [-0.3, -0.25) is 4.79 Å². The van der Waals surface area contributed by atoms with Crippen LogP contribution in [-0.2, 0) is 5.60 Å². The first kappa shape index (κ1) is 13.6. The Hall–Kier alpha value is -1.39. The Morgan fingerprint density at radius 3 is 2.70 bits per heavy atom. The van der Waals surface area contributed by atoms with Gasteiger partial charge in [-0.1, -0.05) is 23.7 Å². The molecule has 0 fully saturated rings. The van der Waals surface area contributed by atoms with Crippen LogP contribution in [0.15, 0.2) is 40.9 Å². The summed E-state index contributed by atoms with van der Waals surface area (Å²) in [7, 11) is 0. The van der Waals surface area contributed by atoms with Gasteiger partial charge in [-0.25, -0.2) is 4.39 Å². The number of halogens is 3. The zero-order valence-corrected chi connectivity index (χ0v) is 12.8. The van der Waals surface area contributed by atoms with E-state index in [1.165, 1.54) is 12.1 Å². The molecule has 0 bridgehead atoms. The summed E-state index contributed by atoms with van der Waals surface area (Å²) in [6, 6.07) is 9.39. The van der Waals surface area contributed by atoms with Gasteiger partial charge in [0.15, 0.2) is 5.60 Å². The van der Waals surface area contributed by atoms with Gasteiger partial charge in [-0.15, -0.1) is 0 Å². The van der Waals surface area contributed by atoms with E-state index in [4.69, 9.17) is 16.3 Å². The number of ether oxygens (including phenoxy) is 1. The van der Waals surface area contributed by atoms with E-state index in [0.29, 0.717) is 15.8 Å². The number of fused-ring (bicyclic) bond motifs is 1. The number of para-hydroxylation sites is 1. The van der Waals surface area contributed by atoms with Gasteiger partial charge in [-0.05, 0) is 47.1 Å². The number of benzene rings is 2. The predicted octanol–water partition coefficient (Wildman–Crippen LogP) is 4.73. The van der Waals surface area contributed by atoms with Crippen molar-refractivity contribution >= 4 is 33.3 Å². The maximum Gasteiger partial charge on any atom is 0.214 e. The summed E-state index contributed by atoms with van der Waals surface area (Å²) in [5, 5.41) is 0.277. The summed E-state index contributed by atoms with van der Waals surface area (Å²) < 4.78 is 20.5. The van der Waals surface area contributed by atoms with E-state index in [1.807, 2.05) is 0 Å². The number of rotatable bonds is 1. The molecule has 102 valence electrons. The highest BCUT2D eigenvalue weighted by atomic mass is 79.9. The third-order valence-electron chi connectivity index (χ3n) is 3.40. The molecular weight excluding hydrogens is 347 g/mol. The molecule has 1 heterocycles. The Balaban J connectivity index is 2.16. The summed E-state index contributed by atoms with van der Waals surface area (Å²) in [6.45, 7) is 1.56. The van der Waals surface area contributed by atoms with E-state index in [2.05, 4.69) is 15.9 Å². The summed E-state index contributed by atoms with van der Waals surface area (Å²) in [5.74, 6) is -0.387. The Bertz CT molecular complexity index is 732. The lowest BCUT2D eigenvalue weighted by Gasteiger charge is -2.23. The number of Topliss-reactive ketones (excluding diaryl/α,β-unsaturated/α-hetero) is 1. The van der Waals surface area contributed by atoms with Crippen molar-refractivity contribution in [2.75, 3.05) is 0 Å². The second-order valence-electron chi connectivity index (χ2n) is 4.71. The molecule has 0 saturated heterocycles. The second kappa shape index (κ2) is 4.57. The van der Waals surface area contributed by atoms with Crippen molar-refractivity contribution < 1.29 is 13.9 Å². The largest absolute Gasteiger partial charge is 0.473 e. The molecule has 1 aliphatic heterocycles. The number of hydrogen-bond donors (Lipinski definition) is 0. The molecule has 0 aliphatic carbocycles. The molecule has 0 aromatic heterocycles. The molecule has 1 aliphatic rings. The van der Waals surface area contributed by atoms with Crippen LogP contribution in [0, 0.1) is 5.82 Å². The Morgan fingerprint density at radius 1 is 1.30 bits per heavy atom. The summed E-state index contributed by atoms with van der Waals surface area (Å²) in [5.41, 5.74) is -0.757. The first-order valence-electron chi connectivity index (χ1n) is 5.91. The fourth-order valence-electron chi connectivity index (χ4n) is 2.35. The minimum Gasteiger partial charge on any atom is -0.473 e. The number of hydrogen-bond acceptors (Lipinski definition) is 2. The molecule has 0 amide bonds. The minimum atomic E-state index is -1.37. The SMILES string of the molecule is CC1(c2ccc(Cl)cc2F)Oc2c(Br)cccc2C1=O. The van der Waals surface area contributed by atoms with Crippen molar-refractivity contribution in [2.45, 2.75) is 12.5 Å². The highest BCUT2D eigenvalue weighted by Gasteiger charge is 2.47. The van der Waals surface area contributed by atoms with Gasteiger partial charge in [0.05, 0.1) is 10.0 Å². The van der Waals surface area contributed by atoms with Crippen LogP contribution in [0.5, 0.6) is 5.75 Å². The van der Waals surface area contributed by atoms with Gasteiger partial charge in [0, 0.05) is 10.6 Å². The second-order valence-corrected chi connectivity index (χ2v) is 6.00. The van der Waals surface area contributed by atoms with Crippen molar-refractivity contribution in [2.24, 2.45) is 0 Å². The molecule has 1 unspecified atom stereocenters. The van der Waals surface area contributed by atoms with E-state index in [1.54, 1.807) is 31.2 Å². The summed E-state index contributed by atoms with van der Waals surface area (Å²) in [4.78, 5) is 12.6. The lowest BCUT2D eigenvalue weighted by molar-refractivity contribution is 0.0604. The van der Waals surface area contributed by atoms with Crippen LogP contribution in [-0.4, -0.2) is 5.78 Å². The van der Waals surface area contributed by atoms with E-state index in [0.717, 1.165) is 0 Å². The van der Waals surface area contributed by atoms with Gasteiger partial charge in [0.2, 0.25) is 5.78 Å². The van der Waals surface area contributed by atoms with Gasteiger partial charge < -0.3 is 4.74 Å². The van der Waals surface area contributed by atoms with Crippen LogP contribution in [0.1, 0.15) is 22.8 Å². The maximum atomic E-state index is 14.1. The molecule has 0 radical (unpaired) electrons. The average Bonchev–Trinajstić information content (AvgIpc) is 2.65. The van der Waals surface area contributed by atoms with Crippen LogP contribution in [0.2, 0.25) is 5.02 Å². The van der Waals surface area contributed by atoms with Crippen LogP contribution in [0.25, 0.3) is 0 Å². The Morgan fingerprint density at radius 2 is 2.05 bits per heavy atom. The zero-order chi connectivity index (χ0) is 14.5. The molecule has 3 rings (SSSR count). The maximum absolute atomic E-state index is 14.1. The molecule has 5 heteroatoms. The zero-order valence-electron chi connectivity index (χ0n) is 10.4. The van der Waals surface area contributed by atoms with Gasteiger partial charge in [-0.2, -0.15) is 0 Å². The molecule has 0 N–H and O–H groups in total. The molecular formula is C15H9BrClFO2. The number of carbonyl (C=O) groups excluding carboxylic acids is 1. The van der Waals surface area contributed by atoms with Crippen LogP contribution >= 0.6 is 27.5 Å². The van der Waals surface area contributed by atoms with Crippen molar-refractivity contribution in [1.29, 1.82) is 0 Å². The van der Waals surface area contributed by atoms with Crippen LogP contribution in [0.3, 0.4) is 0 Å². The highest BCUT2D eigenvalue weighted by molar-refractivity contribution is 9.10. The number of ketones is 1. The topological polar surface area (TPSA) is 26.3 Å². The summed E-state index contributed by atoms with van der Waals surface area (Å²) >= 11 is 9.08. The van der Waals surface area contributed by atoms with E-state index in [-0.39, 0.29) is 16.4 Å². The fourth-order valence-corrected chi connectivity index (χ4v) is 2.96. The van der Waals surface area contributed by atoms with Crippen LogP contribution < -0.4 is 4.74 Å². The average molecular weight is 356 g/mol. The standard InChI is InChI=1S/C15H9BrClFO2/c1-15(10-6-5-8(17)7-12(10)18)14(19)9-3-2-4-11(16)13(9)20-15/h2-7H,1H3.